The number of benzene rings is 1. The molecular formula is C13H19NO6PS+. The molecule has 0 amide bonds. The van der Waals surface area contributed by atoms with Gasteiger partial charge in [-0.2, -0.15) is 4.58 Å². The lowest BCUT2D eigenvalue weighted by Crippen LogP contribution is -2.27. The van der Waals surface area contributed by atoms with Crippen molar-refractivity contribution in [2.75, 3.05) is 12.7 Å². The fourth-order valence-electron chi connectivity index (χ4n) is 2.47. The molecule has 1 aromatic rings. The molecule has 0 aromatic heterocycles. The zero-order valence-electron chi connectivity index (χ0n) is 12.6. The molecule has 2 N–H and O–H groups in total. The Morgan fingerprint density at radius 3 is 2.18 bits per heavy atom. The van der Waals surface area contributed by atoms with Gasteiger partial charge in [-0.3, -0.25) is 4.57 Å². The first-order valence-electron chi connectivity index (χ1n) is 6.49. The van der Waals surface area contributed by atoms with E-state index in [-0.39, 0.29) is 11.6 Å². The van der Waals surface area contributed by atoms with Crippen molar-refractivity contribution in [2.24, 2.45) is 0 Å². The van der Waals surface area contributed by atoms with E-state index in [0.717, 1.165) is 11.4 Å². The van der Waals surface area contributed by atoms with Crippen LogP contribution in [0.1, 0.15) is 26.3 Å². The zero-order valence-corrected chi connectivity index (χ0v) is 14.3. The van der Waals surface area contributed by atoms with E-state index in [2.05, 4.69) is 19.9 Å². The van der Waals surface area contributed by atoms with E-state index < -0.39 is 18.2 Å². The van der Waals surface area contributed by atoms with Gasteiger partial charge < -0.3 is 9.79 Å². The monoisotopic (exact) mass is 348 g/mol. The standard InChI is InChI=1S/C13H18NO3P.O3S/c1-10-13(2,3)11-6-4-5-7-12(11)14(10)8-9-18(15,16)17;1-4(2)3/h4-7H,8-9H2,1-3H3,(H-,15,16,17);/p+1. The van der Waals surface area contributed by atoms with E-state index in [1.54, 1.807) is 0 Å². The van der Waals surface area contributed by atoms with Crippen molar-refractivity contribution in [3.8, 4) is 0 Å². The van der Waals surface area contributed by atoms with Crippen molar-refractivity contribution in [3.05, 3.63) is 29.8 Å². The molecule has 0 radical (unpaired) electrons. The third kappa shape index (κ3) is 4.58. The maximum Gasteiger partial charge on any atom is 0.425 e. The van der Waals surface area contributed by atoms with Crippen molar-refractivity contribution in [2.45, 2.75) is 26.2 Å². The second-order valence-electron chi connectivity index (χ2n) is 5.47. The third-order valence-corrected chi connectivity index (χ3v) is 4.58. The lowest BCUT2D eigenvalue weighted by atomic mass is 9.82. The van der Waals surface area contributed by atoms with E-state index in [1.165, 1.54) is 5.56 Å². The molecule has 9 heteroatoms. The number of rotatable bonds is 3. The molecule has 22 heavy (non-hydrogen) atoms. The fraction of sp³-hybridized carbons (Fsp3) is 0.462. The van der Waals surface area contributed by atoms with Gasteiger partial charge in [0.1, 0.15) is 6.16 Å². The highest BCUT2D eigenvalue weighted by molar-refractivity contribution is 7.59. The second kappa shape index (κ2) is 6.83. The Labute approximate surface area is 130 Å². The molecule has 1 aromatic carbocycles. The summed E-state index contributed by atoms with van der Waals surface area (Å²) in [5.74, 6) is 0. The molecular weight excluding hydrogens is 329 g/mol. The summed E-state index contributed by atoms with van der Waals surface area (Å²) in [4.78, 5) is 18.0. The topological polar surface area (TPSA) is 112 Å². The van der Waals surface area contributed by atoms with Crippen molar-refractivity contribution in [1.29, 1.82) is 0 Å². The highest BCUT2D eigenvalue weighted by Crippen LogP contribution is 2.40. The van der Waals surface area contributed by atoms with E-state index in [0.29, 0.717) is 6.54 Å². The molecule has 2 rings (SSSR count). The Morgan fingerprint density at radius 1 is 1.18 bits per heavy atom. The van der Waals surface area contributed by atoms with Gasteiger partial charge in [0.25, 0.3) is 0 Å². The van der Waals surface area contributed by atoms with Gasteiger partial charge in [0.05, 0.1) is 5.41 Å². The van der Waals surface area contributed by atoms with Crippen LogP contribution in [0.2, 0.25) is 0 Å². The predicted octanol–water partition coefficient (Wildman–Crippen LogP) is 1.26. The molecule has 0 bridgehead atoms. The summed E-state index contributed by atoms with van der Waals surface area (Å²) in [5, 5.41) is 0. The normalized spacial score (nSPS) is 15.9. The van der Waals surface area contributed by atoms with Gasteiger partial charge in [-0.05, 0) is 13.8 Å². The van der Waals surface area contributed by atoms with Gasteiger partial charge in [0.2, 0.25) is 5.69 Å². The first kappa shape index (κ1) is 18.7. The average molecular weight is 348 g/mol. The van der Waals surface area contributed by atoms with Gasteiger partial charge in [-0.25, -0.2) is 0 Å². The molecule has 1 heterocycles. The quantitative estimate of drug-likeness (QED) is 0.628. The average Bonchev–Trinajstić information content (AvgIpc) is 2.55. The zero-order chi connectivity index (χ0) is 17.1. The Kier molecular flexibility index (Phi) is 5.81. The minimum Gasteiger partial charge on any atom is -0.324 e. The van der Waals surface area contributed by atoms with Crippen LogP contribution in [0.4, 0.5) is 5.69 Å². The smallest absolute Gasteiger partial charge is 0.324 e. The minimum atomic E-state index is -3.95. The first-order valence-corrected chi connectivity index (χ1v) is 9.29. The van der Waals surface area contributed by atoms with E-state index in [9.17, 15) is 4.57 Å². The van der Waals surface area contributed by atoms with Crippen molar-refractivity contribution in [1.82, 2.24) is 0 Å². The van der Waals surface area contributed by atoms with Gasteiger partial charge in [-0.15, -0.1) is 12.6 Å². The van der Waals surface area contributed by atoms with Crippen LogP contribution in [0, 0.1) is 0 Å². The molecule has 0 fully saturated rings. The summed E-state index contributed by atoms with van der Waals surface area (Å²) in [5.41, 5.74) is 3.34. The summed E-state index contributed by atoms with van der Waals surface area (Å²) in [6.07, 6.45) is -0.116. The number of nitrogens with zero attached hydrogens (tertiary/aromatic N) is 1. The predicted molar refractivity (Wildman–Crippen MR) is 81.5 cm³/mol. The summed E-state index contributed by atoms with van der Waals surface area (Å²) in [6.45, 7) is 6.66. The van der Waals surface area contributed by atoms with Crippen LogP contribution in [0.3, 0.4) is 0 Å². The van der Waals surface area contributed by atoms with Crippen LogP contribution in [-0.4, -0.2) is 45.4 Å². The van der Waals surface area contributed by atoms with Crippen LogP contribution >= 0.6 is 7.60 Å². The molecule has 1 aliphatic heterocycles. The highest BCUT2D eigenvalue weighted by atomic mass is 32.2. The lowest BCUT2D eigenvalue weighted by molar-refractivity contribution is -0.433. The van der Waals surface area contributed by atoms with Gasteiger partial charge in [0.15, 0.2) is 12.3 Å². The van der Waals surface area contributed by atoms with Crippen LogP contribution < -0.4 is 0 Å². The third-order valence-electron chi connectivity index (χ3n) is 3.79. The van der Waals surface area contributed by atoms with Crippen molar-refractivity contribution >= 4 is 29.6 Å². The maximum atomic E-state index is 11.0. The van der Waals surface area contributed by atoms with Gasteiger partial charge >= 0.3 is 18.2 Å². The number of fused-ring (bicyclic) bond motifs is 1. The molecule has 0 atom stereocenters. The summed E-state index contributed by atoms with van der Waals surface area (Å²) >= 11 is 0. The van der Waals surface area contributed by atoms with E-state index >= 15 is 0 Å². The molecule has 0 saturated carbocycles. The molecule has 7 nitrogen and oxygen atoms in total. The largest absolute Gasteiger partial charge is 0.425 e. The maximum absolute atomic E-state index is 11.0. The fourth-order valence-corrected chi connectivity index (χ4v) is 2.93. The number of hydrogen-bond donors (Lipinski definition) is 2. The number of para-hydroxylation sites is 1. The van der Waals surface area contributed by atoms with Crippen molar-refractivity contribution in [3.63, 3.8) is 0 Å². The molecule has 0 spiro atoms. The second-order valence-corrected chi connectivity index (χ2v) is 7.66. The number of hydrogen-bond acceptors (Lipinski definition) is 4. The molecule has 0 saturated heterocycles. The van der Waals surface area contributed by atoms with Crippen LogP contribution in [0.5, 0.6) is 0 Å². The SMILES string of the molecule is CC1=[N+](CCP(=O)(O)O)c2ccccc2C1(C)C.O=S(=O)=O. The Bertz CT molecular complexity index is 741. The minimum absolute atomic E-state index is 0.0779. The Morgan fingerprint density at radius 2 is 1.68 bits per heavy atom. The van der Waals surface area contributed by atoms with E-state index in [1.807, 2.05) is 29.7 Å². The summed E-state index contributed by atoms with van der Waals surface area (Å²) < 4.78 is 38.4. The van der Waals surface area contributed by atoms with Crippen molar-refractivity contribution < 1.29 is 31.6 Å². The van der Waals surface area contributed by atoms with Gasteiger partial charge in [0, 0.05) is 18.6 Å². The summed E-state index contributed by atoms with van der Waals surface area (Å²) in [7, 11) is -7.06. The Hall–Kier alpha value is -1.34. The van der Waals surface area contributed by atoms with Crippen LogP contribution in [-0.2, 0) is 20.6 Å². The lowest BCUT2D eigenvalue weighted by Gasteiger charge is -2.14. The van der Waals surface area contributed by atoms with Gasteiger partial charge in [-0.1, -0.05) is 18.2 Å². The highest BCUT2D eigenvalue weighted by Gasteiger charge is 2.42. The molecule has 0 aliphatic carbocycles. The molecule has 1 aliphatic rings. The van der Waals surface area contributed by atoms with Crippen LogP contribution in [0.15, 0.2) is 24.3 Å². The first-order chi connectivity index (χ1) is 9.97. The van der Waals surface area contributed by atoms with Crippen LogP contribution in [0.25, 0.3) is 0 Å². The summed E-state index contributed by atoms with van der Waals surface area (Å²) in [6, 6.07) is 8.04. The Balaban J connectivity index is 0.000000541. The molecule has 122 valence electrons. The molecule has 0 unspecified atom stereocenters. The van der Waals surface area contributed by atoms with E-state index in [4.69, 9.17) is 22.4 Å².